The maximum absolute atomic E-state index is 9.26. The van der Waals surface area contributed by atoms with Gasteiger partial charge in [-0.15, -0.1) is 0 Å². The van der Waals surface area contributed by atoms with E-state index in [1.165, 1.54) is 36.8 Å². The van der Waals surface area contributed by atoms with Gasteiger partial charge in [0.25, 0.3) is 0 Å². The normalized spacial score (nSPS) is 17.7. The van der Waals surface area contributed by atoms with E-state index in [1.807, 2.05) is 0 Å². The van der Waals surface area contributed by atoms with Crippen molar-refractivity contribution < 1.29 is 5.11 Å². The Morgan fingerprint density at radius 2 is 1.73 bits per heavy atom. The fourth-order valence-corrected chi connectivity index (χ4v) is 2.11. The summed E-state index contributed by atoms with van der Waals surface area (Å²) < 4.78 is 0. The molecule has 15 heavy (non-hydrogen) atoms. The molecular weight excluding hydrogens is 184 g/mol. The third-order valence-corrected chi connectivity index (χ3v) is 3.43. The molecule has 0 atom stereocenters. The number of rotatable bonds is 5. The van der Waals surface area contributed by atoms with E-state index in [-0.39, 0.29) is 5.41 Å². The zero-order valence-electron chi connectivity index (χ0n) is 9.50. The monoisotopic (exact) mass is 204 g/mol. The van der Waals surface area contributed by atoms with E-state index >= 15 is 0 Å². The summed E-state index contributed by atoms with van der Waals surface area (Å²) in [6, 6.07) is 8.90. The minimum atomic E-state index is 0.242. The molecule has 0 unspecified atom stereocenters. The van der Waals surface area contributed by atoms with Crippen LogP contribution in [0.25, 0.3) is 0 Å². The molecular formula is C14H20O. The number of aliphatic hydroxyl groups excluding tert-OH is 1. The molecule has 1 aliphatic carbocycles. The lowest BCUT2D eigenvalue weighted by atomic mass is 9.96. The van der Waals surface area contributed by atoms with Crippen LogP contribution in [0, 0.1) is 5.41 Å². The first-order valence-electron chi connectivity index (χ1n) is 5.97. The molecule has 1 saturated carbocycles. The molecule has 0 spiro atoms. The molecule has 0 aliphatic heterocycles. The van der Waals surface area contributed by atoms with Gasteiger partial charge in [0.1, 0.15) is 0 Å². The van der Waals surface area contributed by atoms with Crippen LogP contribution in [0.4, 0.5) is 0 Å². The first-order chi connectivity index (χ1) is 7.28. The Kier molecular flexibility index (Phi) is 3.11. The van der Waals surface area contributed by atoms with Crippen LogP contribution < -0.4 is 0 Å². The topological polar surface area (TPSA) is 20.2 Å². The Labute approximate surface area is 92.1 Å². The molecule has 0 bridgehead atoms. The second-order valence-electron chi connectivity index (χ2n) is 4.90. The number of aliphatic hydroxyl groups is 1. The van der Waals surface area contributed by atoms with E-state index in [0.717, 1.165) is 6.42 Å². The zero-order valence-corrected chi connectivity index (χ0v) is 9.50. The summed E-state index contributed by atoms with van der Waals surface area (Å²) in [6.45, 7) is 2.56. The minimum Gasteiger partial charge on any atom is -0.396 e. The van der Waals surface area contributed by atoms with Crippen molar-refractivity contribution in [1.82, 2.24) is 0 Å². The first kappa shape index (κ1) is 10.7. The summed E-state index contributed by atoms with van der Waals surface area (Å²) in [5, 5.41) is 9.26. The predicted octanol–water partition coefficient (Wildman–Crippen LogP) is 2.95. The highest BCUT2D eigenvalue weighted by molar-refractivity contribution is 5.24. The van der Waals surface area contributed by atoms with Gasteiger partial charge in [0.05, 0.1) is 0 Å². The molecule has 1 nitrogen and oxygen atoms in total. The largest absolute Gasteiger partial charge is 0.396 e. The van der Waals surface area contributed by atoms with Crippen molar-refractivity contribution in [2.75, 3.05) is 6.61 Å². The molecule has 1 fully saturated rings. The number of hydrogen-bond acceptors (Lipinski definition) is 1. The lowest BCUT2D eigenvalue weighted by Crippen LogP contribution is -2.09. The number of benzene rings is 1. The quantitative estimate of drug-likeness (QED) is 0.782. The van der Waals surface area contributed by atoms with Crippen LogP contribution in [0.3, 0.4) is 0 Å². The van der Waals surface area contributed by atoms with Gasteiger partial charge >= 0.3 is 0 Å². The number of aryl methyl sites for hydroxylation is 1. The maximum atomic E-state index is 9.26. The molecule has 2 rings (SSSR count). The van der Waals surface area contributed by atoms with Gasteiger partial charge in [0.2, 0.25) is 0 Å². The minimum absolute atomic E-state index is 0.242. The molecule has 0 amide bonds. The molecule has 1 heteroatoms. The molecule has 1 N–H and O–H groups in total. The van der Waals surface area contributed by atoms with E-state index in [9.17, 15) is 5.11 Å². The lowest BCUT2D eigenvalue weighted by molar-refractivity contribution is 0.211. The zero-order chi connectivity index (χ0) is 10.7. The molecule has 1 aromatic rings. The van der Waals surface area contributed by atoms with Crippen molar-refractivity contribution in [2.24, 2.45) is 5.41 Å². The smallest absolute Gasteiger partial charge is 0.0490 e. The van der Waals surface area contributed by atoms with Crippen LogP contribution in [-0.4, -0.2) is 11.7 Å². The summed E-state index contributed by atoms with van der Waals surface area (Å²) in [5.74, 6) is 0. The average molecular weight is 204 g/mol. The van der Waals surface area contributed by atoms with Crippen LogP contribution in [0.5, 0.6) is 0 Å². The van der Waals surface area contributed by atoms with Gasteiger partial charge in [-0.1, -0.05) is 37.6 Å². The van der Waals surface area contributed by atoms with Gasteiger partial charge in [-0.2, -0.15) is 0 Å². The van der Waals surface area contributed by atoms with Crippen LogP contribution in [-0.2, 0) is 12.8 Å². The first-order valence-corrected chi connectivity index (χ1v) is 5.97. The molecule has 1 aliphatic rings. The van der Waals surface area contributed by atoms with Gasteiger partial charge in [0, 0.05) is 6.61 Å². The molecule has 0 heterocycles. The summed E-state index contributed by atoms with van der Waals surface area (Å²) in [6.07, 6.45) is 5.82. The van der Waals surface area contributed by atoms with E-state index in [2.05, 4.69) is 31.2 Å². The van der Waals surface area contributed by atoms with Gasteiger partial charge in [-0.05, 0) is 42.2 Å². The highest BCUT2D eigenvalue weighted by Crippen LogP contribution is 2.47. The van der Waals surface area contributed by atoms with Crippen molar-refractivity contribution in [1.29, 1.82) is 0 Å². The fourth-order valence-electron chi connectivity index (χ4n) is 2.11. The summed E-state index contributed by atoms with van der Waals surface area (Å²) in [4.78, 5) is 0. The molecule has 82 valence electrons. The number of hydrogen-bond donors (Lipinski definition) is 1. The molecule has 0 saturated heterocycles. The van der Waals surface area contributed by atoms with Crippen molar-refractivity contribution in [3.8, 4) is 0 Å². The van der Waals surface area contributed by atoms with E-state index in [0.29, 0.717) is 6.61 Å². The van der Waals surface area contributed by atoms with Gasteiger partial charge in [-0.3, -0.25) is 0 Å². The van der Waals surface area contributed by atoms with E-state index in [4.69, 9.17) is 0 Å². The van der Waals surface area contributed by atoms with Gasteiger partial charge < -0.3 is 5.11 Å². The Morgan fingerprint density at radius 3 is 2.20 bits per heavy atom. The Hall–Kier alpha value is -0.820. The lowest BCUT2D eigenvalue weighted by Gasteiger charge is -2.11. The summed E-state index contributed by atoms with van der Waals surface area (Å²) in [7, 11) is 0. The Morgan fingerprint density at radius 1 is 1.13 bits per heavy atom. The third kappa shape index (κ3) is 2.60. The van der Waals surface area contributed by atoms with Gasteiger partial charge in [-0.25, -0.2) is 0 Å². The van der Waals surface area contributed by atoms with Crippen LogP contribution in [0.2, 0.25) is 0 Å². The highest BCUT2D eigenvalue weighted by atomic mass is 16.3. The maximum Gasteiger partial charge on any atom is 0.0490 e. The average Bonchev–Trinajstić information content (AvgIpc) is 3.02. The second kappa shape index (κ2) is 4.36. The fraction of sp³-hybridized carbons (Fsp3) is 0.571. The standard InChI is InChI=1S/C14H20O/c1-2-3-12-4-6-13(7-5-12)10-14(11-15)8-9-14/h4-7,15H,2-3,8-11H2,1H3. The SMILES string of the molecule is CCCc1ccc(CC2(CO)CC2)cc1. The highest BCUT2D eigenvalue weighted by Gasteiger charge is 2.41. The van der Waals surface area contributed by atoms with Crippen molar-refractivity contribution in [3.63, 3.8) is 0 Å². The predicted molar refractivity (Wildman–Crippen MR) is 62.9 cm³/mol. The van der Waals surface area contributed by atoms with Crippen molar-refractivity contribution in [2.45, 2.75) is 39.0 Å². The van der Waals surface area contributed by atoms with Crippen LogP contribution in [0.1, 0.15) is 37.3 Å². The Bertz CT molecular complexity index is 309. The van der Waals surface area contributed by atoms with Crippen molar-refractivity contribution >= 4 is 0 Å². The third-order valence-electron chi connectivity index (χ3n) is 3.43. The molecule has 0 aromatic heterocycles. The van der Waals surface area contributed by atoms with Crippen LogP contribution >= 0.6 is 0 Å². The van der Waals surface area contributed by atoms with Crippen LogP contribution in [0.15, 0.2) is 24.3 Å². The summed E-state index contributed by atoms with van der Waals surface area (Å²) >= 11 is 0. The second-order valence-corrected chi connectivity index (χ2v) is 4.90. The van der Waals surface area contributed by atoms with E-state index < -0.39 is 0 Å². The van der Waals surface area contributed by atoms with Crippen molar-refractivity contribution in [3.05, 3.63) is 35.4 Å². The summed E-state index contributed by atoms with van der Waals surface area (Å²) in [5.41, 5.74) is 3.04. The molecule has 1 aromatic carbocycles. The van der Waals surface area contributed by atoms with Gasteiger partial charge in [0.15, 0.2) is 0 Å². The van der Waals surface area contributed by atoms with E-state index in [1.54, 1.807) is 0 Å². The molecule has 0 radical (unpaired) electrons. The Balaban J connectivity index is 1.98.